The molecule has 1 aromatic rings. The van der Waals surface area contributed by atoms with Crippen LogP contribution in [0.5, 0.6) is 0 Å². The second-order valence-corrected chi connectivity index (χ2v) is 11.2. The largest absolute Gasteiger partial charge is 0.481 e. The molecule has 1 aromatic carbocycles. The number of sulfonamides is 1. The van der Waals surface area contributed by atoms with Crippen LogP contribution in [0.3, 0.4) is 0 Å². The SMILES string of the molecule is Cc1ccc(S(=O)(=O)N(CCCCCC(=O)O)[C@@H]2CCS(=O)(=O)C2)cc1C. The van der Waals surface area contributed by atoms with Crippen molar-refractivity contribution in [1.82, 2.24) is 4.31 Å². The Kier molecular flexibility index (Phi) is 7.04. The predicted octanol–water partition coefficient (Wildman–Crippen LogP) is 2.13. The lowest BCUT2D eigenvalue weighted by atomic mass is 10.1. The molecule has 1 saturated heterocycles. The van der Waals surface area contributed by atoms with Crippen LogP contribution in [-0.4, -0.2) is 56.3 Å². The quantitative estimate of drug-likeness (QED) is 0.617. The van der Waals surface area contributed by atoms with Crippen molar-refractivity contribution < 1.29 is 26.7 Å². The fourth-order valence-corrected chi connectivity index (χ4v) is 6.84. The Morgan fingerprint density at radius 3 is 2.44 bits per heavy atom. The summed E-state index contributed by atoms with van der Waals surface area (Å²) in [6.07, 6.45) is 1.87. The lowest BCUT2D eigenvalue weighted by Gasteiger charge is -2.27. The third-order valence-electron chi connectivity index (χ3n) is 4.97. The summed E-state index contributed by atoms with van der Waals surface area (Å²) in [6, 6.07) is 4.35. The van der Waals surface area contributed by atoms with Gasteiger partial charge in [0, 0.05) is 19.0 Å². The van der Waals surface area contributed by atoms with Crippen molar-refractivity contribution in [2.24, 2.45) is 0 Å². The summed E-state index contributed by atoms with van der Waals surface area (Å²) in [4.78, 5) is 10.8. The molecule has 1 heterocycles. The fraction of sp³-hybridized carbons (Fsp3) is 0.611. The van der Waals surface area contributed by atoms with E-state index in [0.717, 1.165) is 11.1 Å². The Bertz CT molecular complexity index is 892. The van der Waals surface area contributed by atoms with Gasteiger partial charge in [-0.05, 0) is 56.4 Å². The van der Waals surface area contributed by atoms with Crippen LogP contribution in [0.25, 0.3) is 0 Å². The fourth-order valence-electron chi connectivity index (χ4n) is 3.23. The van der Waals surface area contributed by atoms with Crippen LogP contribution in [0.2, 0.25) is 0 Å². The van der Waals surface area contributed by atoms with Gasteiger partial charge in [-0.3, -0.25) is 4.79 Å². The molecule has 0 amide bonds. The van der Waals surface area contributed by atoms with Crippen molar-refractivity contribution in [3.8, 4) is 0 Å². The first-order chi connectivity index (χ1) is 12.5. The van der Waals surface area contributed by atoms with E-state index in [4.69, 9.17) is 5.11 Å². The Balaban J connectivity index is 2.22. The Morgan fingerprint density at radius 2 is 1.89 bits per heavy atom. The monoisotopic (exact) mass is 417 g/mol. The van der Waals surface area contributed by atoms with Crippen molar-refractivity contribution in [1.29, 1.82) is 0 Å². The van der Waals surface area contributed by atoms with Gasteiger partial charge in [0.1, 0.15) is 0 Å². The van der Waals surface area contributed by atoms with E-state index in [1.807, 2.05) is 13.8 Å². The van der Waals surface area contributed by atoms with E-state index in [9.17, 15) is 21.6 Å². The minimum absolute atomic E-state index is 0.00434. The number of carbonyl (C=O) groups is 1. The zero-order valence-electron chi connectivity index (χ0n) is 15.7. The number of carboxylic acid groups (broad SMARTS) is 1. The molecule has 152 valence electrons. The number of benzene rings is 1. The summed E-state index contributed by atoms with van der Waals surface area (Å²) in [5.41, 5.74) is 1.84. The van der Waals surface area contributed by atoms with Crippen molar-refractivity contribution in [3.05, 3.63) is 29.3 Å². The molecule has 1 fully saturated rings. The van der Waals surface area contributed by atoms with Gasteiger partial charge in [0.2, 0.25) is 10.0 Å². The van der Waals surface area contributed by atoms with Gasteiger partial charge in [0.15, 0.2) is 9.84 Å². The van der Waals surface area contributed by atoms with Crippen LogP contribution < -0.4 is 0 Å². The van der Waals surface area contributed by atoms with Crippen molar-refractivity contribution in [2.75, 3.05) is 18.1 Å². The molecule has 1 atom stereocenters. The minimum atomic E-state index is -3.82. The van der Waals surface area contributed by atoms with Gasteiger partial charge >= 0.3 is 5.97 Å². The predicted molar refractivity (Wildman–Crippen MR) is 103 cm³/mol. The second-order valence-electron chi connectivity index (χ2n) is 7.12. The first-order valence-corrected chi connectivity index (χ1v) is 12.3. The first-order valence-electron chi connectivity index (χ1n) is 9.04. The maximum Gasteiger partial charge on any atom is 0.303 e. The van der Waals surface area contributed by atoms with E-state index in [0.29, 0.717) is 25.7 Å². The topological polar surface area (TPSA) is 109 Å². The maximum atomic E-state index is 13.2. The molecule has 1 aliphatic heterocycles. The number of unbranched alkanes of at least 4 members (excludes halogenated alkanes) is 2. The molecule has 1 N–H and O–H groups in total. The number of hydrogen-bond acceptors (Lipinski definition) is 5. The zero-order valence-corrected chi connectivity index (χ0v) is 17.4. The summed E-state index contributed by atoms with van der Waals surface area (Å²) < 4.78 is 51.5. The van der Waals surface area contributed by atoms with Crippen LogP contribution in [0.15, 0.2) is 23.1 Å². The van der Waals surface area contributed by atoms with E-state index in [1.165, 1.54) is 4.31 Å². The van der Waals surface area contributed by atoms with Gasteiger partial charge in [-0.2, -0.15) is 4.31 Å². The molecule has 9 heteroatoms. The third kappa shape index (κ3) is 5.76. The number of aliphatic carboxylic acids is 1. The Labute approximate surface area is 161 Å². The average Bonchev–Trinajstić information content (AvgIpc) is 2.92. The normalized spacial score (nSPS) is 19.4. The number of sulfone groups is 1. The number of rotatable bonds is 9. The van der Waals surface area contributed by atoms with Crippen molar-refractivity contribution in [3.63, 3.8) is 0 Å². The zero-order chi connectivity index (χ0) is 20.2. The van der Waals surface area contributed by atoms with E-state index in [1.54, 1.807) is 18.2 Å². The van der Waals surface area contributed by atoms with Crippen LogP contribution >= 0.6 is 0 Å². The molecule has 0 bridgehead atoms. The standard InChI is InChI=1S/C18H27NO6S2/c1-14-7-8-17(12-15(14)2)27(24,25)19(10-5-3-4-6-18(20)21)16-9-11-26(22,23)13-16/h7-8,12,16H,3-6,9-11,13H2,1-2H3,(H,20,21)/t16-/m1/s1. The molecule has 0 radical (unpaired) electrons. The van der Waals surface area contributed by atoms with Gasteiger partial charge < -0.3 is 5.11 Å². The molecule has 27 heavy (non-hydrogen) atoms. The van der Waals surface area contributed by atoms with Crippen LogP contribution in [0.1, 0.15) is 43.2 Å². The first kappa shape index (κ1) is 21.8. The summed E-state index contributed by atoms with van der Waals surface area (Å²) >= 11 is 0. The van der Waals surface area contributed by atoms with E-state index in [-0.39, 0.29) is 29.4 Å². The highest BCUT2D eigenvalue weighted by atomic mass is 32.2. The van der Waals surface area contributed by atoms with E-state index < -0.39 is 31.9 Å². The van der Waals surface area contributed by atoms with Gasteiger partial charge in [-0.25, -0.2) is 16.8 Å². The number of aryl methyl sites for hydroxylation is 2. The smallest absolute Gasteiger partial charge is 0.303 e. The van der Waals surface area contributed by atoms with Crippen LogP contribution in [-0.2, 0) is 24.7 Å². The minimum Gasteiger partial charge on any atom is -0.481 e. The molecule has 2 rings (SSSR count). The van der Waals surface area contributed by atoms with Crippen molar-refractivity contribution >= 4 is 25.8 Å². The lowest BCUT2D eigenvalue weighted by molar-refractivity contribution is -0.137. The molecular weight excluding hydrogens is 390 g/mol. The van der Waals surface area contributed by atoms with Crippen molar-refractivity contribution in [2.45, 2.75) is 56.9 Å². The molecule has 7 nitrogen and oxygen atoms in total. The third-order valence-corrected chi connectivity index (χ3v) is 8.67. The summed E-state index contributed by atoms with van der Waals surface area (Å²) in [6.45, 7) is 3.93. The second kappa shape index (κ2) is 8.70. The van der Waals surface area contributed by atoms with Gasteiger partial charge in [0.05, 0.1) is 16.4 Å². The molecule has 0 aliphatic carbocycles. The van der Waals surface area contributed by atoms with Crippen LogP contribution in [0.4, 0.5) is 0 Å². The van der Waals surface area contributed by atoms with Gasteiger partial charge in [0.25, 0.3) is 0 Å². The van der Waals surface area contributed by atoms with E-state index in [2.05, 4.69) is 0 Å². The summed E-state index contributed by atoms with van der Waals surface area (Å²) in [5.74, 6) is -1.04. The molecule has 1 aliphatic rings. The Morgan fingerprint density at radius 1 is 1.19 bits per heavy atom. The molecule has 0 spiro atoms. The van der Waals surface area contributed by atoms with Gasteiger partial charge in [-0.1, -0.05) is 12.5 Å². The lowest BCUT2D eigenvalue weighted by Crippen LogP contribution is -2.41. The number of hydrogen-bond donors (Lipinski definition) is 1. The summed E-state index contributed by atoms with van der Waals surface area (Å²) in [5, 5.41) is 8.71. The highest BCUT2D eigenvalue weighted by Crippen LogP contribution is 2.27. The highest BCUT2D eigenvalue weighted by molar-refractivity contribution is 7.92. The van der Waals surface area contributed by atoms with E-state index >= 15 is 0 Å². The maximum absolute atomic E-state index is 13.2. The van der Waals surface area contributed by atoms with Crippen LogP contribution in [0, 0.1) is 13.8 Å². The Hall–Kier alpha value is -1.45. The molecule has 0 aromatic heterocycles. The molecule has 0 unspecified atom stereocenters. The summed E-state index contributed by atoms with van der Waals surface area (Å²) in [7, 11) is -7.05. The average molecular weight is 418 g/mol. The molecule has 0 saturated carbocycles. The molecular formula is C18H27NO6S2. The number of nitrogens with zero attached hydrogens (tertiary/aromatic N) is 1. The van der Waals surface area contributed by atoms with Gasteiger partial charge in [-0.15, -0.1) is 0 Å². The number of carboxylic acids is 1. The highest BCUT2D eigenvalue weighted by Gasteiger charge is 2.38.